The van der Waals surface area contributed by atoms with Gasteiger partial charge in [-0.05, 0) is 42.4 Å². The van der Waals surface area contributed by atoms with Crippen molar-refractivity contribution in [3.8, 4) is 0 Å². The van der Waals surface area contributed by atoms with Crippen molar-refractivity contribution in [2.45, 2.75) is 44.1 Å². The fourth-order valence-electron chi connectivity index (χ4n) is 3.94. The van der Waals surface area contributed by atoms with Crippen LogP contribution in [-0.2, 0) is 16.9 Å². The minimum Gasteiger partial charge on any atom is -0.368 e. The van der Waals surface area contributed by atoms with Crippen LogP contribution in [-0.4, -0.2) is 31.5 Å². The maximum Gasteiger partial charge on any atom is 0.234 e. The number of fused-ring (bicyclic) bond motifs is 1. The number of benzene rings is 2. The van der Waals surface area contributed by atoms with E-state index in [9.17, 15) is 9.90 Å². The van der Waals surface area contributed by atoms with E-state index in [1.807, 2.05) is 49.4 Å². The second kappa shape index (κ2) is 8.72. The average Bonchev–Trinajstić information content (AvgIpc) is 3.18. The van der Waals surface area contributed by atoms with Crippen molar-refractivity contribution in [3.63, 3.8) is 0 Å². The average molecular weight is 438 g/mol. The lowest BCUT2D eigenvalue weighted by Gasteiger charge is -2.42. The first-order valence-corrected chi connectivity index (χ1v) is 11.5. The summed E-state index contributed by atoms with van der Waals surface area (Å²) < 4.78 is 1.43. The number of hydrogen-bond donors (Lipinski definition) is 3. The second-order valence-corrected chi connectivity index (χ2v) is 8.94. The van der Waals surface area contributed by atoms with Crippen molar-refractivity contribution in [3.05, 3.63) is 65.7 Å². The summed E-state index contributed by atoms with van der Waals surface area (Å²) in [6, 6.07) is 16.9. The van der Waals surface area contributed by atoms with E-state index in [-0.39, 0.29) is 5.91 Å². The Hall–Kier alpha value is -2.84. The zero-order valence-corrected chi connectivity index (χ0v) is 18.7. The van der Waals surface area contributed by atoms with Crippen molar-refractivity contribution in [1.29, 1.82) is 0 Å². The van der Waals surface area contributed by atoms with Gasteiger partial charge >= 0.3 is 0 Å². The number of aryl methyl sites for hydroxylation is 1. The molecule has 2 aromatic carbocycles. The molecule has 8 heteroatoms. The third-order valence-corrected chi connectivity index (χ3v) is 6.29. The van der Waals surface area contributed by atoms with Crippen LogP contribution in [0.1, 0.15) is 37.9 Å². The fourth-order valence-corrected chi connectivity index (χ4v) is 4.49. The number of nitrogens with one attached hydrogen (secondary N) is 2. The summed E-state index contributed by atoms with van der Waals surface area (Å²) in [5.41, 5.74) is 1.22. The van der Waals surface area contributed by atoms with Gasteiger partial charge in [-0.25, -0.2) is 0 Å². The van der Waals surface area contributed by atoms with E-state index in [1.165, 1.54) is 22.0 Å². The quantitative estimate of drug-likeness (QED) is 0.504. The van der Waals surface area contributed by atoms with E-state index in [2.05, 4.69) is 39.8 Å². The van der Waals surface area contributed by atoms with Gasteiger partial charge in [0.25, 0.3) is 0 Å². The molecular weight excluding hydrogens is 410 g/mol. The van der Waals surface area contributed by atoms with Gasteiger partial charge in [-0.2, -0.15) is 9.67 Å². The van der Waals surface area contributed by atoms with Crippen LogP contribution in [0.4, 0.5) is 11.6 Å². The molecule has 1 aromatic heterocycles. The van der Waals surface area contributed by atoms with Crippen molar-refractivity contribution in [2.24, 2.45) is 5.92 Å². The van der Waals surface area contributed by atoms with E-state index in [1.54, 1.807) is 6.92 Å². The van der Waals surface area contributed by atoms with Gasteiger partial charge in [0, 0.05) is 5.69 Å². The van der Waals surface area contributed by atoms with Crippen molar-refractivity contribution in [2.75, 3.05) is 16.4 Å². The summed E-state index contributed by atoms with van der Waals surface area (Å²) in [6.45, 7) is 5.74. The molecule has 0 fully saturated rings. The zero-order valence-electron chi connectivity index (χ0n) is 17.9. The van der Waals surface area contributed by atoms with E-state index in [0.29, 0.717) is 16.8 Å². The van der Waals surface area contributed by atoms with Gasteiger partial charge in [-0.1, -0.05) is 68.1 Å². The standard InChI is InChI=1S/C23H27N5O2S/c1-4-15-11-13-16(14-12-15)19-18(20(29)24-17-9-7-6-8-10-17)23(3,30)28-21(25-19)26-22(27-28)31-5-2/h6-14,18-19,30H,4-5H2,1-3H3,(H,24,29)(H,25,26,27). The molecule has 0 saturated carbocycles. The Morgan fingerprint density at radius 1 is 1.19 bits per heavy atom. The van der Waals surface area contributed by atoms with Gasteiger partial charge < -0.3 is 15.7 Å². The normalized spacial score (nSPS) is 22.5. The maximum absolute atomic E-state index is 13.5. The number of aromatic nitrogens is 3. The Kier molecular flexibility index (Phi) is 6.02. The summed E-state index contributed by atoms with van der Waals surface area (Å²) in [4.78, 5) is 18.0. The monoisotopic (exact) mass is 437 g/mol. The molecule has 31 heavy (non-hydrogen) atoms. The minimum atomic E-state index is -1.58. The molecule has 0 radical (unpaired) electrons. The molecule has 3 aromatic rings. The highest BCUT2D eigenvalue weighted by Gasteiger charge is 2.51. The third-order valence-electron chi connectivity index (χ3n) is 5.57. The number of thioether (sulfide) groups is 1. The van der Waals surface area contributed by atoms with Crippen molar-refractivity contribution < 1.29 is 9.90 Å². The summed E-state index contributed by atoms with van der Waals surface area (Å²) in [5.74, 6) is 0.132. The van der Waals surface area contributed by atoms with Gasteiger partial charge in [0.1, 0.15) is 5.92 Å². The first-order chi connectivity index (χ1) is 14.9. The van der Waals surface area contributed by atoms with E-state index >= 15 is 0 Å². The summed E-state index contributed by atoms with van der Waals surface area (Å²) in [6.07, 6.45) is 0.930. The number of carbonyl (C=O) groups excluding carboxylic acids is 1. The highest BCUT2D eigenvalue weighted by atomic mass is 32.2. The van der Waals surface area contributed by atoms with Crippen LogP contribution < -0.4 is 10.6 Å². The number of carbonyl (C=O) groups is 1. The second-order valence-electron chi connectivity index (χ2n) is 7.71. The predicted molar refractivity (Wildman–Crippen MR) is 123 cm³/mol. The lowest BCUT2D eigenvalue weighted by molar-refractivity contribution is -0.143. The Morgan fingerprint density at radius 2 is 1.90 bits per heavy atom. The number of amides is 1. The minimum absolute atomic E-state index is 0.292. The summed E-state index contributed by atoms with van der Waals surface area (Å²) >= 11 is 1.49. The van der Waals surface area contributed by atoms with E-state index in [4.69, 9.17) is 0 Å². The molecule has 0 saturated heterocycles. The lowest BCUT2D eigenvalue weighted by Crippen LogP contribution is -2.53. The van der Waals surface area contributed by atoms with E-state index < -0.39 is 17.7 Å². The largest absolute Gasteiger partial charge is 0.368 e. The first-order valence-electron chi connectivity index (χ1n) is 10.5. The zero-order chi connectivity index (χ0) is 22.0. The highest BCUT2D eigenvalue weighted by Crippen LogP contribution is 2.43. The Morgan fingerprint density at radius 3 is 2.55 bits per heavy atom. The van der Waals surface area contributed by atoms with Crippen LogP contribution in [0.5, 0.6) is 0 Å². The van der Waals surface area contributed by atoms with Crippen LogP contribution in [0.3, 0.4) is 0 Å². The molecular formula is C23H27N5O2S. The number of anilines is 2. The molecule has 162 valence electrons. The van der Waals surface area contributed by atoms with E-state index in [0.717, 1.165) is 17.7 Å². The summed E-state index contributed by atoms with van der Waals surface area (Å²) in [7, 11) is 0. The third kappa shape index (κ3) is 4.18. The smallest absolute Gasteiger partial charge is 0.234 e. The predicted octanol–water partition coefficient (Wildman–Crippen LogP) is 4.04. The lowest BCUT2D eigenvalue weighted by atomic mass is 9.82. The molecule has 0 bridgehead atoms. The number of para-hydroxylation sites is 1. The van der Waals surface area contributed by atoms with Gasteiger partial charge in [0.05, 0.1) is 6.04 Å². The van der Waals surface area contributed by atoms with Crippen LogP contribution >= 0.6 is 11.8 Å². The Bertz CT molecular complexity index is 1050. The Balaban J connectivity index is 1.76. The van der Waals surface area contributed by atoms with Gasteiger partial charge in [0.15, 0.2) is 5.72 Å². The topological polar surface area (TPSA) is 92.1 Å². The maximum atomic E-state index is 13.5. The molecule has 7 nitrogen and oxygen atoms in total. The molecule has 1 amide bonds. The first kappa shape index (κ1) is 21.4. The number of hydrogen-bond acceptors (Lipinski definition) is 6. The fraction of sp³-hybridized carbons (Fsp3) is 0.348. The molecule has 1 aliphatic heterocycles. The molecule has 4 rings (SSSR count). The van der Waals surface area contributed by atoms with Gasteiger partial charge in [-0.15, -0.1) is 5.10 Å². The molecule has 1 aliphatic rings. The van der Waals surface area contributed by atoms with Crippen molar-refractivity contribution >= 4 is 29.3 Å². The molecule has 0 aliphatic carbocycles. The number of aliphatic hydroxyl groups is 1. The van der Waals surface area contributed by atoms with Gasteiger partial charge in [-0.3, -0.25) is 4.79 Å². The summed E-state index contributed by atoms with van der Waals surface area (Å²) in [5, 5.41) is 22.9. The van der Waals surface area contributed by atoms with Gasteiger partial charge in [0.2, 0.25) is 17.0 Å². The number of rotatable bonds is 6. The molecule has 3 atom stereocenters. The van der Waals surface area contributed by atoms with Crippen LogP contribution in [0, 0.1) is 5.92 Å². The SMILES string of the molecule is CCSc1nc2n(n1)C(C)(O)C(C(=O)Nc1ccccc1)C(c1ccc(CC)cc1)N2. The van der Waals surface area contributed by atoms with Crippen molar-refractivity contribution in [1.82, 2.24) is 14.8 Å². The van der Waals surface area contributed by atoms with Crippen LogP contribution in [0.25, 0.3) is 0 Å². The van der Waals surface area contributed by atoms with Crippen LogP contribution in [0.2, 0.25) is 0 Å². The number of nitrogens with zero attached hydrogens (tertiary/aromatic N) is 3. The molecule has 2 heterocycles. The molecule has 3 N–H and O–H groups in total. The molecule has 0 spiro atoms. The Labute approximate surface area is 186 Å². The molecule has 3 unspecified atom stereocenters. The van der Waals surface area contributed by atoms with Crippen LogP contribution in [0.15, 0.2) is 59.8 Å². The highest BCUT2D eigenvalue weighted by molar-refractivity contribution is 7.99.